The van der Waals surface area contributed by atoms with E-state index in [9.17, 15) is 9.59 Å². The van der Waals surface area contributed by atoms with Crippen LogP contribution >= 0.6 is 0 Å². The van der Waals surface area contributed by atoms with E-state index in [2.05, 4.69) is 9.88 Å². The SMILES string of the molecule is CC(=O)N1CCN(Cc2cc(=O)n3c(C)cccc3n2)CC1. The minimum atomic E-state index is -0.0412. The lowest BCUT2D eigenvalue weighted by Gasteiger charge is -2.33. The quantitative estimate of drug-likeness (QED) is 0.818. The molecule has 116 valence electrons. The van der Waals surface area contributed by atoms with Gasteiger partial charge in [-0.05, 0) is 19.1 Å². The molecule has 6 nitrogen and oxygen atoms in total. The largest absolute Gasteiger partial charge is 0.340 e. The molecule has 0 aromatic carbocycles. The number of nitrogens with zero attached hydrogens (tertiary/aromatic N) is 4. The standard InChI is InChI=1S/C16H20N4O2/c1-12-4-3-5-15-17-14(10-16(22)20(12)15)11-18-6-8-19(9-7-18)13(2)21/h3-5,10H,6-9,11H2,1-2H3. The first kappa shape index (κ1) is 14.7. The average Bonchev–Trinajstić information content (AvgIpc) is 2.47. The molecule has 3 rings (SSSR count). The summed E-state index contributed by atoms with van der Waals surface area (Å²) in [4.78, 5) is 32.3. The molecular weight excluding hydrogens is 280 g/mol. The van der Waals surface area contributed by atoms with Crippen molar-refractivity contribution < 1.29 is 4.79 Å². The van der Waals surface area contributed by atoms with E-state index in [4.69, 9.17) is 0 Å². The van der Waals surface area contributed by atoms with Gasteiger partial charge in [0.05, 0.1) is 5.69 Å². The molecule has 1 fully saturated rings. The molecular formula is C16H20N4O2. The molecule has 22 heavy (non-hydrogen) atoms. The third-order valence-corrected chi connectivity index (χ3v) is 4.14. The van der Waals surface area contributed by atoms with Gasteiger partial charge in [0.25, 0.3) is 5.56 Å². The second kappa shape index (κ2) is 5.88. The van der Waals surface area contributed by atoms with Crippen molar-refractivity contribution in [3.63, 3.8) is 0 Å². The predicted molar refractivity (Wildman–Crippen MR) is 83.7 cm³/mol. The van der Waals surface area contributed by atoms with E-state index in [-0.39, 0.29) is 11.5 Å². The number of carbonyl (C=O) groups is 1. The first-order valence-corrected chi connectivity index (χ1v) is 7.51. The Labute approximate surface area is 129 Å². The van der Waals surface area contributed by atoms with Crippen molar-refractivity contribution in [1.29, 1.82) is 0 Å². The zero-order valence-corrected chi connectivity index (χ0v) is 13.0. The van der Waals surface area contributed by atoms with Crippen LogP contribution in [0.25, 0.3) is 5.65 Å². The van der Waals surface area contributed by atoms with E-state index in [1.165, 1.54) is 0 Å². The lowest BCUT2D eigenvalue weighted by atomic mass is 10.2. The fraction of sp³-hybridized carbons (Fsp3) is 0.438. The van der Waals surface area contributed by atoms with Gasteiger partial charge in [-0.2, -0.15) is 0 Å². The summed E-state index contributed by atoms with van der Waals surface area (Å²) in [6, 6.07) is 7.27. The number of amides is 1. The maximum atomic E-state index is 12.3. The number of fused-ring (bicyclic) bond motifs is 1. The van der Waals surface area contributed by atoms with Crippen LogP contribution in [0.1, 0.15) is 18.3 Å². The summed E-state index contributed by atoms with van der Waals surface area (Å²) < 4.78 is 1.62. The van der Waals surface area contributed by atoms with E-state index < -0.39 is 0 Å². The van der Waals surface area contributed by atoms with Gasteiger partial charge in [-0.3, -0.25) is 18.9 Å². The molecule has 0 N–H and O–H groups in total. The van der Waals surface area contributed by atoms with E-state index in [1.54, 1.807) is 17.4 Å². The Kier molecular flexibility index (Phi) is 3.94. The molecule has 0 unspecified atom stereocenters. The lowest BCUT2D eigenvalue weighted by molar-refractivity contribution is -0.130. The van der Waals surface area contributed by atoms with Crippen molar-refractivity contribution in [2.45, 2.75) is 20.4 Å². The first-order chi connectivity index (χ1) is 10.5. The Morgan fingerprint density at radius 1 is 1.23 bits per heavy atom. The maximum Gasteiger partial charge on any atom is 0.258 e. The number of hydrogen-bond donors (Lipinski definition) is 0. The summed E-state index contributed by atoms with van der Waals surface area (Å²) in [5.41, 5.74) is 2.31. The minimum absolute atomic E-state index is 0.0412. The minimum Gasteiger partial charge on any atom is -0.340 e. The van der Waals surface area contributed by atoms with Gasteiger partial charge in [0, 0.05) is 51.4 Å². The summed E-state index contributed by atoms with van der Waals surface area (Å²) in [6.45, 7) is 7.25. The molecule has 0 aliphatic carbocycles. The van der Waals surface area contributed by atoms with Crippen LogP contribution < -0.4 is 5.56 Å². The smallest absolute Gasteiger partial charge is 0.258 e. The summed E-state index contributed by atoms with van der Waals surface area (Å²) >= 11 is 0. The van der Waals surface area contributed by atoms with Gasteiger partial charge in [0.15, 0.2) is 0 Å². The van der Waals surface area contributed by atoms with Crippen LogP contribution in [0, 0.1) is 6.92 Å². The molecule has 3 heterocycles. The van der Waals surface area contributed by atoms with E-state index in [1.807, 2.05) is 30.0 Å². The van der Waals surface area contributed by atoms with Gasteiger partial charge in [-0.1, -0.05) is 6.07 Å². The van der Waals surface area contributed by atoms with Crippen molar-refractivity contribution >= 4 is 11.6 Å². The Balaban J connectivity index is 1.78. The predicted octanol–water partition coefficient (Wildman–Crippen LogP) is 0.667. The van der Waals surface area contributed by atoms with Gasteiger partial charge in [-0.25, -0.2) is 4.98 Å². The third kappa shape index (κ3) is 2.87. The van der Waals surface area contributed by atoms with Crippen LogP contribution in [0.5, 0.6) is 0 Å². The number of aryl methyl sites for hydroxylation is 1. The number of piperazine rings is 1. The van der Waals surface area contributed by atoms with Crippen LogP contribution in [0.15, 0.2) is 29.1 Å². The van der Waals surface area contributed by atoms with Crippen LogP contribution in [-0.4, -0.2) is 51.3 Å². The molecule has 0 spiro atoms. The van der Waals surface area contributed by atoms with Gasteiger partial charge < -0.3 is 4.90 Å². The first-order valence-electron chi connectivity index (χ1n) is 7.51. The number of carbonyl (C=O) groups excluding carboxylic acids is 1. The van der Waals surface area contributed by atoms with Crippen LogP contribution in [-0.2, 0) is 11.3 Å². The lowest BCUT2D eigenvalue weighted by Crippen LogP contribution is -2.47. The van der Waals surface area contributed by atoms with Crippen molar-refractivity contribution in [2.24, 2.45) is 0 Å². The van der Waals surface area contributed by atoms with Crippen molar-refractivity contribution in [3.8, 4) is 0 Å². The van der Waals surface area contributed by atoms with Gasteiger partial charge in [-0.15, -0.1) is 0 Å². The van der Waals surface area contributed by atoms with E-state index in [0.717, 1.165) is 37.6 Å². The molecule has 0 atom stereocenters. The summed E-state index contributed by atoms with van der Waals surface area (Å²) in [5.74, 6) is 0.122. The van der Waals surface area contributed by atoms with Crippen molar-refractivity contribution in [1.82, 2.24) is 19.2 Å². The summed E-state index contributed by atoms with van der Waals surface area (Å²) in [5, 5.41) is 0. The average molecular weight is 300 g/mol. The van der Waals surface area contributed by atoms with Crippen molar-refractivity contribution in [3.05, 3.63) is 46.0 Å². The molecule has 2 aromatic heterocycles. The van der Waals surface area contributed by atoms with Gasteiger partial charge >= 0.3 is 0 Å². The molecule has 0 radical (unpaired) electrons. The van der Waals surface area contributed by atoms with Crippen LogP contribution in [0.2, 0.25) is 0 Å². The molecule has 2 aromatic rings. The normalized spacial score (nSPS) is 16.2. The topological polar surface area (TPSA) is 57.9 Å². The molecule has 1 aliphatic rings. The maximum absolute atomic E-state index is 12.3. The zero-order valence-electron chi connectivity index (χ0n) is 13.0. The highest BCUT2D eigenvalue weighted by atomic mass is 16.2. The molecule has 0 bridgehead atoms. The van der Waals surface area contributed by atoms with Gasteiger partial charge in [0.1, 0.15) is 5.65 Å². The number of pyridine rings is 1. The molecule has 1 saturated heterocycles. The molecule has 1 amide bonds. The Bertz CT molecular complexity index is 760. The second-order valence-corrected chi connectivity index (χ2v) is 5.73. The number of rotatable bonds is 2. The van der Waals surface area contributed by atoms with Crippen molar-refractivity contribution in [2.75, 3.05) is 26.2 Å². The van der Waals surface area contributed by atoms with Crippen LogP contribution in [0.3, 0.4) is 0 Å². The third-order valence-electron chi connectivity index (χ3n) is 4.14. The summed E-state index contributed by atoms with van der Waals surface area (Å²) in [7, 11) is 0. The number of aromatic nitrogens is 2. The van der Waals surface area contributed by atoms with E-state index >= 15 is 0 Å². The fourth-order valence-corrected chi connectivity index (χ4v) is 2.89. The Morgan fingerprint density at radius 2 is 1.95 bits per heavy atom. The molecule has 0 saturated carbocycles. The Morgan fingerprint density at radius 3 is 2.64 bits per heavy atom. The van der Waals surface area contributed by atoms with Crippen LogP contribution in [0.4, 0.5) is 0 Å². The molecule has 6 heteroatoms. The molecule has 1 aliphatic heterocycles. The highest BCUT2D eigenvalue weighted by molar-refractivity contribution is 5.73. The van der Waals surface area contributed by atoms with E-state index in [0.29, 0.717) is 12.2 Å². The summed E-state index contributed by atoms with van der Waals surface area (Å²) in [6.07, 6.45) is 0. The zero-order chi connectivity index (χ0) is 15.7. The fourth-order valence-electron chi connectivity index (χ4n) is 2.89. The number of hydrogen-bond acceptors (Lipinski definition) is 4. The highest BCUT2D eigenvalue weighted by Crippen LogP contribution is 2.08. The monoisotopic (exact) mass is 300 g/mol. The van der Waals surface area contributed by atoms with Gasteiger partial charge in [0.2, 0.25) is 5.91 Å². The highest BCUT2D eigenvalue weighted by Gasteiger charge is 2.19. The Hall–Kier alpha value is -2.21. The second-order valence-electron chi connectivity index (χ2n) is 5.73.